The Hall–Kier alpha value is -1.64. The van der Waals surface area contributed by atoms with E-state index in [2.05, 4.69) is 5.32 Å². The number of nitrogens with zero attached hydrogens (tertiary/aromatic N) is 4. The molecule has 0 atom stereocenters. The van der Waals surface area contributed by atoms with Gasteiger partial charge < -0.3 is 20.3 Å². The molecule has 12 nitrogen and oxygen atoms in total. The van der Waals surface area contributed by atoms with Gasteiger partial charge in [0.25, 0.3) is 6.47 Å². The van der Waals surface area contributed by atoms with Gasteiger partial charge in [0.15, 0.2) is 0 Å². The van der Waals surface area contributed by atoms with Crippen LogP contribution in [0.5, 0.6) is 0 Å². The normalized spacial score (nSPS) is 18.3. The average molecular weight is 490 g/mol. The zero-order chi connectivity index (χ0) is 21.6. The van der Waals surface area contributed by atoms with Crippen LogP contribution >= 0.6 is 0 Å². The molecule has 0 spiro atoms. The molecule has 172 valence electrons. The van der Waals surface area contributed by atoms with Gasteiger partial charge in [0, 0.05) is 59.4 Å². The van der Waals surface area contributed by atoms with Gasteiger partial charge in [0.2, 0.25) is 5.91 Å². The molecule has 1 amide bonds. The fourth-order valence-corrected chi connectivity index (χ4v) is 2.98. The van der Waals surface area contributed by atoms with Crippen molar-refractivity contribution in [2.24, 2.45) is 0 Å². The van der Waals surface area contributed by atoms with Crippen molar-refractivity contribution in [1.29, 1.82) is 0 Å². The zero-order valence-electron chi connectivity index (χ0n) is 16.8. The van der Waals surface area contributed by atoms with Gasteiger partial charge >= 0.3 is 31.7 Å². The molecule has 1 heterocycles. The monoisotopic (exact) mass is 489 g/mol. The summed E-state index contributed by atoms with van der Waals surface area (Å²) in [4.78, 5) is 51.9. The number of hydrogen-bond acceptors (Lipinski definition) is 9. The molecule has 0 saturated carbocycles. The second-order valence-corrected chi connectivity index (χ2v) is 6.80. The Morgan fingerprint density at radius 2 is 1.17 bits per heavy atom. The summed E-state index contributed by atoms with van der Waals surface area (Å²) in [5.74, 6) is -2.07. The first-order chi connectivity index (χ1) is 13.8. The van der Waals surface area contributed by atoms with Crippen molar-refractivity contribution in [3.63, 3.8) is 0 Å². The van der Waals surface area contributed by atoms with Crippen LogP contribution in [-0.4, -0.2) is 160 Å². The van der Waals surface area contributed by atoms with Gasteiger partial charge in [0.1, 0.15) is 6.73 Å². The van der Waals surface area contributed by atoms with E-state index < -0.39 is 11.9 Å². The number of nitrogens with one attached hydrogen (secondary N) is 1. The molecule has 0 radical (unpaired) electrons. The summed E-state index contributed by atoms with van der Waals surface area (Å²) < 4.78 is 4.85. The fraction of sp³-hybridized carbons (Fsp3) is 0.765. The van der Waals surface area contributed by atoms with E-state index in [9.17, 15) is 19.2 Å². The van der Waals surface area contributed by atoms with Gasteiger partial charge in [-0.25, -0.2) is 0 Å². The summed E-state index contributed by atoms with van der Waals surface area (Å²) >= 11 is 0. The Kier molecular flexibility index (Phi) is 15.2. The van der Waals surface area contributed by atoms with Crippen molar-refractivity contribution < 1.29 is 34.1 Å². The van der Waals surface area contributed by atoms with Crippen LogP contribution in [0.15, 0.2) is 0 Å². The molecule has 0 aromatic rings. The first-order valence-electron chi connectivity index (χ1n) is 9.43. The van der Waals surface area contributed by atoms with E-state index in [1.807, 2.05) is 9.80 Å². The van der Waals surface area contributed by atoms with Crippen molar-refractivity contribution in [3.8, 4) is 0 Å². The van der Waals surface area contributed by atoms with Gasteiger partial charge in [-0.2, -0.15) is 0 Å². The number of carboxylic acids is 2. The molecular formula is C17H34GaN5O7. The third kappa shape index (κ3) is 12.8. The maximum atomic E-state index is 11.8. The van der Waals surface area contributed by atoms with Crippen molar-refractivity contribution in [2.45, 2.75) is 0 Å². The van der Waals surface area contributed by atoms with Gasteiger partial charge in [-0.05, 0) is 0 Å². The molecule has 1 aliphatic heterocycles. The van der Waals surface area contributed by atoms with Crippen molar-refractivity contribution in [2.75, 3.05) is 85.8 Å². The van der Waals surface area contributed by atoms with Crippen LogP contribution in [0.1, 0.15) is 0 Å². The Balaban J connectivity index is 0.00000841. The Labute approximate surface area is 189 Å². The average Bonchev–Trinajstić information content (AvgIpc) is 2.66. The second-order valence-electron chi connectivity index (χ2n) is 6.80. The van der Waals surface area contributed by atoms with Crippen LogP contribution in [0.25, 0.3) is 0 Å². The standard InChI is InChI=1S/C17H31N5O7.Ga.3H/c1-18-15(24)10-19-2-3-20(11-16(25)26)4-5-21(12-17(27)28)7-9-22(8-6-19)13-29-14-23;;;;/h14H,2-13H2,1H3,(H,18,24)(H,25,26)(H,27,28);;;;. The number of aliphatic carboxylic acids is 2. The fourth-order valence-electron chi connectivity index (χ4n) is 2.98. The van der Waals surface area contributed by atoms with Gasteiger partial charge in [0.05, 0.1) is 19.6 Å². The van der Waals surface area contributed by atoms with E-state index in [0.717, 1.165) is 0 Å². The first kappa shape index (κ1) is 28.4. The molecule has 0 aromatic heterocycles. The predicted octanol–water partition coefficient (Wildman–Crippen LogP) is -3.93. The topological polar surface area (TPSA) is 143 Å². The molecule has 0 aromatic carbocycles. The van der Waals surface area contributed by atoms with E-state index in [-0.39, 0.29) is 52.1 Å². The summed E-state index contributed by atoms with van der Waals surface area (Å²) in [6.07, 6.45) is 0. The summed E-state index contributed by atoms with van der Waals surface area (Å²) in [6.45, 7) is 3.86. The molecule has 3 N–H and O–H groups in total. The third-order valence-corrected chi connectivity index (χ3v) is 4.62. The first-order valence-corrected chi connectivity index (χ1v) is 9.43. The molecular weight excluding hydrogens is 456 g/mol. The van der Waals surface area contributed by atoms with Gasteiger partial charge in [-0.3, -0.25) is 38.8 Å². The summed E-state index contributed by atoms with van der Waals surface area (Å²) in [5.41, 5.74) is 0. The van der Waals surface area contributed by atoms with Crippen LogP contribution < -0.4 is 5.32 Å². The quantitative estimate of drug-likeness (QED) is 0.216. The predicted molar refractivity (Wildman–Crippen MR) is 112 cm³/mol. The van der Waals surface area contributed by atoms with E-state index >= 15 is 0 Å². The van der Waals surface area contributed by atoms with E-state index in [0.29, 0.717) is 58.8 Å². The Morgan fingerprint density at radius 3 is 1.50 bits per heavy atom. The van der Waals surface area contributed by atoms with E-state index in [4.69, 9.17) is 14.9 Å². The summed E-state index contributed by atoms with van der Waals surface area (Å²) in [7, 11) is 1.55. The van der Waals surface area contributed by atoms with Crippen LogP contribution in [-0.2, 0) is 23.9 Å². The number of carbonyl (C=O) groups is 4. The minimum atomic E-state index is -0.964. The van der Waals surface area contributed by atoms with Gasteiger partial charge in [-0.15, -0.1) is 0 Å². The van der Waals surface area contributed by atoms with Crippen molar-refractivity contribution in [3.05, 3.63) is 0 Å². The molecule has 0 aliphatic carbocycles. The van der Waals surface area contributed by atoms with Crippen LogP contribution in [0.4, 0.5) is 0 Å². The number of carboxylic acid groups (broad SMARTS) is 2. The molecule has 1 saturated heterocycles. The van der Waals surface area contributed by atoms with Gasteiger partial charge in [-0.1, -0.05) is 0 Å². The second kappa shape index (κ2) is 16.1. The SMILES string of the molecule is CNC(=O)CN1CCN(COC=O)CCN(CC(=O)O)CCN(CC(=O)O)CC1.[GaH3]. The number of rotatable bonds is 9. The van der Waals surface area contributed by atoms with E-state index in [1.54, 1.807) is 16.8 Å². The molecule has 0 unspecified atom stereocenters. The molecule has 1 fully saturated rings. The number of likely N-dealkylation sites (N-methyl/N-ethyl adjacent to an activating group) is 1. The maximum absolute atomic E-state index is 11.8. The summed E-state index contributed by atoms with van der Waals surface area (Å²) in [6, 6.07) is 0. The molecule has 1 rings (SSSR count). The van der Waals surface area contributed by atoms with E-state index in [1.165, 1.54) is 0 Å². The summed E-state index contributed by atoms with van der Waals surface area (Å²) in [5, 5.41) is 20.9. The third-order valence-electron chi connectivity index (χ3n) is 4.62. The van der Waals surface area contributed by atoms with Crippen molar-refractivity contribution >= 4 is 44.1 Å². The number of amides is 1. The Morgan fingerprint density at radius 1 is 0.800 bits per heavy atom. The van der Waals surface area contributed by atoms with Crippen LogP contribution in [0.2, 0.25) is 0 Å². The molecule has 0 bridgehead atoms. The van der Waals surface area contributed by atoms with Crippen LogP contribution in [0.3, 0.4) is 0 Å². The molecule has 1 aliphatic rings. The molecule has 30 heavy (non-hydrogen) atoms. The number of hydrogen-bond donors (Lipinski definition) is 3. The zero-order valence-corrected chi connectivity index (χ0v) is 16.8. The Bertz CT molecular complexity index is 555. The molecule has 13 heteroatoms. The van der Waals surface area contributed by atoms with Crippen molar-refractivity contribution in [1.82, 2.24) is 24.9 Å². The number of carbonyl (C=O) groups excluding carboxylic acids is 2. The van der Waals surface area contributed by atoms with Crippen LogP contribution in [0, 0.1) is 0 Å². The number of ether oxygens (including phenoxy) is 1. The minimum absolute atomic E-state index is 0.